The van der Waals surface area contributed by atoms with Gasteiger partial charge in [-0.2, -0.15) is 5.26 Å². The summed E-state index contributed by atoms with van der Waals surface area (Å²) in [5, 5.41) is 21.1. The normalized spacial score (nSPS) is 11.6. The molecule has 1 heterocycles. The van der Waals surface area contributed by atoms with E-state index in [2.05, 4.69) is 199 Å². The molecule has 1 aromatic heterocycles. The molecule has 9 aromatic rings. The molecule has 8 aromatic carbocycles. The molecule has 0 unspecified atom stereocenters. The Labute approximate surface area is 409 Å². The zero-order valence-electron chi connectivity index (χ0n) is 35.7. The second-order valence-corrected chi connectivity index (χ2v) is 21.8. The van der Waals surface area contributed by atoms with Gasteiger partial charge in [-0.25, -0.2) is 0 Å². The number of benzene rings is 8. The number of nitriles is 1. The van der Waals surface area contributed by atoms with Crippen LogP contribution in [0.2, 0.25) is 0 Å². The van der Waals surface area contributed by atoms with E-state index in [0.29, 0.717) is 5.69 Å². The van der Waals surface area contributed by atoms with Gasteiger partial charge in [0.15, 0.2) is 0 Å². The number of nitrogen functional groups attached to an aromatic ring is 1. The molecular formula is C52H45Cl2CuF6N3P3+2. The van der Waals surface area contributed by atoms with Gasteiger partial charge in [0, 0.05) is 30.4 Å². The van der Waals surface area contributed by atoms with Crippen molar-refractivity contribution in [2.75, 3.05) is 11.1 Å². The summed E-state index contributed by atoms with van der Waals surface area (Å²) >= 11 is 9.53. The molecule has 0 saturated carbocycles. The number of alkyl halides is 2. The minimum Gasteiger partial charge on any atom is -0.397 e. The van der Waals surface area contributed by atoms with Crippen LogP contribution >= 0.6 is 46.9 Å². The molecule has 0 atom stereocenters. The number of aromatic nitrogens is 1. The molecule has 2 N–H and O–H groups in total. The number of rotatable bonds is 7. The summed E-state index contributed by atoms with van der Waals surface area (Å²) in [7, 11) is -13.4. The molecule has 0 saturated heterocycles. The van der Waals surface area contributed by atoms with Crippen molar-refractivity contribution in [1.82, 2.24) is 4.98 Å². The summed E-state index contributed by atoms with van der Waals surface area (Å²) in [5.74, 6) is 0. The van der Waals surface area contributed by atoms with Crippen molar-refractivity contribution in [3.05, 3.63) is 219 Å². The van der Waals surface area contributed by atoms with E-state index in [1.807, 2.05) is 0 Å². The number of nitrogens with zero attached hydrogens (tertiary/aromatic N) is 2. The Morgan fingerprint density at radius 2 is 0.776 bits per heavy atom. The number of hydrogen-bond donors (Lipinski definition) is 1. The molecule has 348 valence electrons. The third-order valence-corrected chi connectivity index (χ3v) is 15.1. The number of fused-ring (bicyclic) bond motifs is 2. The fourth-order valence-electron chi connectivity index (χ4n) is 7.25. The van der Waals surface area contributed by atoms with Crippen LogP contribution < -0.4 is 37.6 Å². The smallest absolute Gasteiger partial charge is 0.397 e. The predicted octanol–water partition coefficient (Wildman–Crippen LogP) is 14.6. The molecule has 0 bridgehead atoms. The first-order chi connectivity index (χ1) is 31.5. The van der Waals surface area contributed by atoms with Crippen molar-refractivity contribution < 1.29 is 42.3 Å². The van der Waals surface area contributed by atoms with Crippen molar-refractivity contribution in [3.63, 3.8) is 0 Å². The third-order valence-electron chi connectivity index (χ3n) is 9.58. The predicted molar refractivity (Wildman–Crippen MR) is 277 cm³/mol. The van der Waals surface area contributed by atoms with E-state index in [1.165, 1.54) is 71.4 Å². The van der Waals surface area contributed by atoms with Gasteiger partial charge in [0.1, 0.15) is 31.8 Å². The fraction of sp³-hybridized carbons (Fsp3) is 0.0385. The Morgan fingerprint density at radius 3 is 1.03 bits per heavy atom. The van der Waals surface area contributed by atoms with Crippen molar-refractivity contribution in [1.29, 1.82) is 5.26 Å². The molecular weight excluding hydrogens is 1010 g/mol. The average molecular weight is 1050 g/mol. The van der Waals surface area contributed by atoms with Gasteiger partial charge in [-0.3, -0.25) is 4.98 Å². The third kappa shape index (κ3) is 17.1. The molecule has 15 heteroatoms. The largest absolute Gasteiger partial charge is 1.00 e. The second kappa shape index (κ2) is 24.6. The molecule has 9 rings (SSSR count). The van der Waals surface area contributed by atoms with Crippen LogP contribution in [-0.4, -0.2) is 10.3 Å². The molecule has 0 amide bonds. The standard InChI is InChI=1S/C44H32P2.C5H6N2.C2H3N.CH2Cl2.Cu.F6P/c1-5-19-35(20-6-1)45(36-21-7-2-8-22-36)41-31-29-33-17-13-15-27-39(33)43(41)44-40-28-16-14-18-34(40)30-32-42(44)46(37-23-9-3-10-24-37)38-25-11-4-12-26-38;6-5-2-1-3-7-4-5;1-2-3;2-1-3;;1-7(2,3,4,5)6/h1-32H;1-4H,6H2;1H3;1H2;;/q;;;;+1;-1/p+2. The van der Waals surface area contributed by atoms with Gasteiger partial charge in [0.2, 0.25) is 0 Å². The summed E-state index contributed by atoms with van der Waals surface area (Å²) in [6.07, 6.45) is 3.30. The Balaban J connectivity index is 0.000000392. The van der Waals surface area contributed by atoms with Gasteiger partial charge in [-0.1, -0.05) is 133 Å². The van der Waals surface area contributed by atoms with Crippen LogP contribution in [0, 0.1) is 11.3 Å². The van der Waals surface area contributed by atoms with Gasteiger partial charge in [-0.15, -0.1) is 23.2 Å². The minimum absolute atomic E-state index is 0. The zero-order valence-corrected chi connectivity index (χ0v) is 41.1. The Hall–Kier alpha value is -5.31. The van der Waals surface area contributed by atoms with Crippen LogP contribution in [0.25, 0.3) is 32.7 Å². The van der Waals surface area contributed by atoms with E-state index in [9.17, 15) is 25.2 Å². The summed E-state index contributed by atoms with van der Waals surface area (Å²) in [5.41, 5.74) is 8.76. The number of pyridine rings is 1. The summed E-state index contributed by atoms with van der Waals surface area (Å²) in [6, 6.07) is 77.6. The monoisotopic (exact) mass is 1050 g/mol. The Bertz CT molecular complexity index is 2710. The van der Waals surface area contributed by atoms with Crippen LogP contribution in [0.1, 0.15) is 6.92 Å². The van der Waals surface area contributed by atoms with E-state index >= 15 is 0 Å². The number of nitrogens with two attached hydrogens (primary N) is 1. The molecule has 0 aliphatic rings. The van der Waals surface area contributed by atoms with E-state index in [4.69, 9.17) is 34.2 Å². The van der Waals surface area contributed by atoms with Crippen molar-refractivity contribution in [2.45, 2.75) is 6.92 Å². The number of anilines is 1. The van der Waals surface area contributed by atoms with Crippen molar-refractivity contribution in [3.8, 4) is 17.2 Å². The Morgan fingerprint density at radius 1 is 0.493 bits per heavy atom. The SMILES string of the molecule is CC#N.ClCCl.F[P-](F)(F)(F)(F)F.Nc1cccnc1.[Cu+].c1ccc([PH+](c2ccccc2)c2ccc3ccccc3c2-c2c([PH+](c3ccccc3)c3ccccc3)ccc3ccccc23)cc1. The Kier molecular flexibility index (Phi) is 20.0. The van der Waals surface area contributed by atoms with Gasteiger partial charge in [0.05, 0.1) is 32.9 Å². The summed E-state index contributed by atoms with van der Waals surface area (Å²) in [6.45, 7) is 1.43. The first-order valence-electron chi connectivity index (χ1n) is 20.2. The minimum atomic E-state index is -10.7. The van der Waals surface area contributed by atoms with E-state index in [0.717, 1.165) is 0 Å². The van der Waals surface area contributed by atoms with Gasteiger partial charge >= 0.3 is 50.1 Å². The van der Waals surface area contributed by atoms with Gasteiger partial charge in [0.25, 0.3) is 0 Å². The van der Waals surface area contributed by atoms with E-state index < -0.39 is 23.7 Å². The topological polar surface area (TPSA) is 62.7 Å². The molecule has 67 heavy (non-hydrogen) atoms. The first-order valence-corrected chi connectivity index (χ1v) is 26.3. The van der Waals surface area contributed by atoms with E-state index in [-0.39, 0.29) is 22.4 Å². The van der Waals surface area contributed by atoms with Crippen molar-refractivity contribution >= 4 is 106 Å². The molecule has 0 spiro atoms. The quantitative estimate of drug-likeness (QED) is 0.0749. The van der Waals surface area contributed by atoms with Gasteiger partial charge in [-0.05, 0) is 94.3 Å². The average Bonchev–Trinajstić information content (AvgIpc) is 3.31. The molecule has 0 aliphatic carbocycles. The fourth-order valence-corrected chi connectivity index (χ4v) is 12.8. The number of halogens is 8. The molecule has 0 radical (unpaired) electrons. The van der Waals surface area contributed by atoms with Crippen LogP contribution in [0.3, 0.4) is 0 Å². The molecule has 0 aliphatic heterocycles. The maximum Gasteiger partial charge on any atom is 1.00 e. The molecule has 0 fully saturated rings. The van der Waals surface area contributed by atoms with Crippen LogP contribution in [0.15, 0.2) is 219 Å². The van der Waals surface area contributed by atoms with Gasteiger partial charge < -0.3 is 5.73 Å². The summed E-state index contributed by atoms with van der Waals surface area (Å²) in [4.78, 5) is 3.76. The van der Waals surface area contributed by atoms with Crippen LogP contribution in [-0.2, 0) is 17.1 Å². The van der Waals surface area contributed by atoms with Crippen molar-refractivity contribution in [2.24, 2.45) is 0 Å². The maximum atomic E-state index is 9.87. The second-order valence-electron chi connectivity index (χ2n) is 14.2. The number of hydrogen-bond acceptors (Lipinski definition) is 3. The maximum absolute atomic E-state index is 10.7. The van der Waals surface area contributed by atoms with E-state index in [1.54, 1.807) is 30.6 Å². The molecule has 3 nitrogen and oxygen atoms in total. The first kappa shape index (κ1) is 54.3. The van der Waals surface area contributed by atoms with Crippen LogP contribution in [0.5, 0.6) is 0 Å². The van der Waals surface area contributed by atoms with Crippen LogP contribution in [0.4, 0.5) is 30.9 Å². The zero-order chi connectivity index (χ0) is 47.6. The summed E-state index contributed by atoms with van der Waals surface area (Å²) < 4.78 is 59.2.